The summed E-state index contributed by atoms with van der Waals surface area (Å²) in [5.74, 6) is -0.316. The molecule has 2 unspecified atom stereocenters. The molecule has 2 aliphatic rings. The lowest BCUT2D eigenvalue weighted by atomic mass is 9.97. The second-order valence-electron chi connectivity index (χ2n) is 9.32. The Kier molecular flexibility index (Phi) is 7.38. The Morgan fingerprint density at radius 3 is 2.59 bits per heavy atom. The summed E-state index contributed by atoms with van der Waals surface area (Å²) < 4.78 is 28.3. The van der Waals surface area contributed by atoms with Gasteiger partial charge in [-0.05, 0) is 60.9 Å². The Morgan fingerprint density at radius 2 is 1.85 bits per heavy atom. The Bertz CT molecular complexity index is 1150. The van der Waals surface area contributed by atoms with Gasteiger partial charge in [0, 0.05) is 38.8 Å². The third-order valence-corrected chi connectivity index (χ3v) is 8.75. The third kappa shape index (κ3) is 5.18. The number of piperidine rings is 1. The molecule has 0 radical (unpaired) electrons. The highest BCUT2D eigenvalue weighted by Crippen LogP contribution is 2.31. The van der Waals surface area contributed by atoms with E-state index >= 15 is 0 Å². The summed E-state index contributed by atoms with van der Waals surface area (Å²) in [7, 11) is -3.72. The van der Waals surface area contributed by atoms with Gasteiger partial charge < -0.3 is 10.2 Å². The van der Waals surface area contributed by atoms with Crippen LogP contribution in [0.25, 0.3) is 0 Å². The van der Waals surface area contributed by atoms with Crippen molar-refractivity contribution in [1.29, 1.82) is 0 Å². The van der Waals surface area contributed by atoms with Crippen LogP contribution in [0.2, 0.25) is 0 Å². The topological polar surface area (TPSA) is 86.8 Å². The van der Waals surface area contributed by atoms with Crippen LogP contribution in [0.5, 0.6) is 0 Å². The smallest absolute Gasteiger partial charge is 0.243 e. The molecule has 0 aliphatic carbocycles. The molecule has 1 saturated heterocycles. The molecule has 7 nitrogen and oxygen atoms in total. The zero-order valence-electron chi connectivity index (χ0n) is 19.9. The number of hydrogen-bond acceptors (Lipinski definition) is 4. The summed E-state index contributed by atoms with van der Waals surface area (Å²) in [6.07, 6.45) is 2.88. The fourth-order valence-electron chi connectivity index (χ4n) is 4.88. The molecule has 0 spiro atoms. The number of anilines is 1. The van der Waals surface area contributed by atoms with Crippen molar-refractivity contribution in [3.8, 4) is 0 Å². The number of rotatable bonds is 6. The molecule has 2 aliphatic heterocycles. The number of nitrogens with one attached hydrogen (secondary N) is 1. The molecule has 1 fully saturated rings. The standard InChI is InChI=1S/C26H33N3O4S/c1-19(21-8-4-3-5-9-21)17-27-26(31)23-11-6-14-28(18-23)34(32,33)24-12-13-25-22(16-24)10-7-15-29(25)20(2)30/h3-5,8-9,12-13,16,19,23H,6-7,10-11,14-15,17-18H2,1-2H3,(H,27,31). The molecule has 182 valence electrons. The van der Waals surface area contributed by atoms with E-state index in [9.17, 15) is 18.0 Å². The number of hydrogen-bond donors (Lipinski definition) is 1. The largest absolute Gasteiger partial charge is 0.355 e. The molecular formula is C26H33N3O4S. The van der Waals surface area contributed by atoms with Crippen molar-refractivity contribution in [1.82, 2.24) is 9.62 Å². The van der Waals surface area contributed by atoms with Gasteiger partial charge in [0.1, 0.15) is 0 Å². The van der Waals surface area contributed by atoms with E-state index < -0.39 is 10.0 Å². The van der Waals surface area contributed by atoms with Crippen molar-refractivity contribution in [3.63, 3.8) is 0 Å². The van der Waals surface area contributed by atoms with E-state index in [2.05, 4.69) is 12.2 Å². The van der Waals surface area contributed by atoms with E-state index in [0.29, 0.717) is 32.5 Å². The van der Waals surface area contributed by atoms with Crippen LogP contribution >= 0.6 is 0 Å². The van der Waals surface area contributed by atoms with Crippen LogP contribution < -0.4 is 10.2 Å². The molecule has 0 aromatic heterocycles. The highest BCUT2D eigenvalue weighted by atomic mass is 32.2. The number of benzene rings is 2. The Morgan fingerprint density at radius 1 is 1.09 bits per heavy atom. The minimum absolute atomic E-state index is 0.0389. The summed E-state index contributed by atoms with van der Waals surface area (Å²) in [4.78, 5) is 26.7. The lowest BCUT2D eigenvalue weighted by molar-refractivity contribution is -0.126. The van der Waals surface area contributed by atoms with Crippen LogP contribution in [0.15, 0.2) is 53.4 Å². The van der Waals surface area contributed by atoms with Crippen LogP contribution in [0.3, 0.4) is 0 Å². The Labute approximate surface area is 202 Å². The zero-order chi connectivity index (χ0) is 24.3. The fraction of sp³-hybridized carbons (Fsp3) is 0.462. The van der Waals surface area contributed by atoms with Crippen molar-refractivity contribution in [2.45, 2.75) is 50.3 Å². The maximum absolute atomic E-state index is 13.4. The number of amides is 2. The number of sulfonamides is 1. The lowest BCUT2D eigenvalue weighted by Gasteiger charge is -2.32. The van der Waals surface area contributed by atoms with Crippen molar-refractivity contribution in [2.24, 2.45) is 5.92 Å². The van der Waals surface area contributed by atoms with Gasteiger partial charge in [0.25, 0.3) is 0 Å². The first kappa shape index (κ1) is 24.4. The molecule has 2 atom stereocenters. The molecule has 2 aromatic carbocycles. The molecule has 34 heavy (non-hydrogen) atoms. The van der Waals surface area contributed by atoms with E-state index in [1.165, 1.54) is 11.2 Å². The normalized spacial score (nSPS) is 19.8. The zero-order valence-corrected chi connectivity index (χ0v) is 20.7. The SMILES string of the molecule is CC(=O)N1CCCc2cc(S(=O)(=O)N3CCCC(C(=O)NCC(C)c4ccccc4)C3)ccc21. The van der Waals surface area contributed by atoms with Gasteiger partial charge in [-0.1, -0.05) is 37.3 Å². The first-order valence-electron chi connectivity index (χ1n) is 12.0. The average Bonchev–Trinajstić information content (AvgIpc) is 2.86. The van der Waals surface area contributed by atoms with Crippen molar-refractivity contribution in [3.05, 3.63) is 59.7 Å². The van der Waals surface area contributed by atoms with Crippen LogP contribution in [0.1, 0.15) is 50.2 Å². The van der Waals surface area contributed by atoms with Gasteiger partial charge in [-0.3, -0.25) is 9.59 Å². The van der Waals surface area contributed by atoms with Crippen LogP contribution in [-0.4, -0.2) is 50.7 Å². The second-order valence-corrected chi connectivity index (χ2v) is 11.3. The molecule has 2 aromatic rings. The first-order valence-corrected chi connectivity index (χ1v) is 13.4. The number of nitrogens with zero attached hydrogens (tertiary/aromatic N) is 2. The molecule has 4 rings (SSSR count). The lowest BCUT2D eigenvalue weighted by Crippen LogP contribution is -2.46. The van der Waals surface area contributed by atoms with Gasteiger partial charge in [-0.25, -0.2) is 8.42 Å². The van der Waals surface area contributed by atoms with E-state index in [1.54, 1.807) is 23.1 Å². The van der Waals surface area contributed by atoms with E-state index in [-0.39, 0.29) is 35.1 Å². The maximum atomic E-state index is 13.4. The van der Waals surface area contributed by atoms with E-state index in [0.717, 1.165) is 29.7 Å². The van der Waals surface area contributed by atoms with Gasteiger partial charge >= 0.3 is 0 Å². The van der Waals surface area contributed by atoms with Crippen LogP contribution in [-0.2, 0) is 26.0 Å². The Hall–Kier alpha value is -2.71. The molecular weight excluding hydrogens is 450 g/mol. The first-order chi connectivity index (χ1) is 16.3. The summed E-state index contributed by atoms with van der Waals surface area (Å²) >= 11 is 0. The van der Waals surface area contributed by atoms with Gasteiger partial charge in [-0.2, -0.15) is 4.31 Å². The summed E-state index contributed by atoms with van der Waals surface area (Å²) in [6.45, 7) is 5.35. The minimum Gasteiger partial charge on any atom is -0.355 e. The fourth-order valence-corrected chi connectivity index (χ4v) is 6.46. The molecule has 2 amide bonds. The number of fused-ring (bicyclic) bond motifs is 1. The predicted octanol–water partition coefficient (Wildman–Crippen LogP) is 3.31. The summed E-state index contributed by atoms with van der Waals surface area (Å²) in [5, 5.41) is 3.02. The molecule has 2 heterocycles. The van der Waals surface area contributed by atoms with Gasteiger partial charge in [-0.15, -0.1) is 0 Å². The summed E-state index contributed by atoms with van der Waals surface area (Å²) in [6, 6.07) is 15.0. The van der Waals surface area contributed by atoms with Crippen molar-refractivity contribution in [2.75, 3.05) is 31.1 Å². The average molecular weight is 484 g/mol. The van der Waals surface area contributed by atoms with Crippen molar-refractivity contribution >= 4 is 27.5 Å². The molecule has 0 bridgehead atoms. The van der Waals surface area contributed by atoms with E-state index in [1.807, 2.05) is 30.3 Å². The van der Waals surface area contributed by atoms with Gasteiger partial charge in [0.15, 0.2) is 0 Å². The van der Waals surface area contributed by atoms with Crippen LogP contribution in [0, 0.1) is 5.92 Å². The highest BCUT2D eigenvalue weighted by Gasteiger charge is 2.34. The molecule has 1 N–H and O–H groups in total. The van der Waals surface area contributed by atoms with Gasteiger partial charge in [0.05, 0.1) is 10.8 Å². The quantitative estimate of drug-likeness (QED) is 0.683. The third-order valence-electron chi connectivity index (χ3n) is 6.89. The predicted molar refractivity (Wildman–Crippen MR) is 132 cm³/mol. The minimum atomic E-state index is -3.72. The second kappa shape index (κ2) is 10.3. The molecule has 8 heteroatoms. The number of carbonyl (C=O) groups is 2. The Balaban J connectivity index is 1.43. The maximum Gasteiger partial charge on any atom is 0.243 e. The van der Waals surface area contributed by atoms with E-state index in [4.69, 9.17) is 0 Å². The molecule has 0 saturated carbocycles. The van der Waals surface area contributed by atoms with Gasteiger partial charge in [0.2, 0.25) is 21.8 Å². The number of carbonyl (C=O) groups excluding carboxylic acids is 2. The van der Waals surface area contributed by atoms with Crippen molar-refractivity contribution < 1.29 is 18.0 Å². The number of aryl methyl sites for hydroxylation is 1. The van der Waals surface area contributed by atoms with Crippen LogP contribution in [0.4, 0.5) is 5.69 Å². The monoisotopic (exact) mass is 483 g/mol. The summed E-state index contributed by atoms with van der Waals surface area (Å²) in [5.41, 5.74) is 2.83. The highest BCUT2D eigenvalue weighted by molar-refractivity contribution is 7.89.